The number of rotatable bonds is 3. The van der Waals surface area contributed by atoms with Gasteiger partial charge in [0.2, 0.25) is 5.91 Å². The van der Waals surface area contributed by atoms with E-state index in [1.54, 1.807) is 0 Å². The van der Waals surface area contributed by atoms with E-state index in [0.717, 1.165) is 30.7 Å². The number of fused-ring (bicyclic) bond motifs is 1. The lowest BCUT2D eigenvalue weighted by Crippen LogP contribution is -2.42. The molecule has 1 saturated carbocycles. The maximum atomic E-state index is 12.4. The second-order valence-electron chi connectivity index (χ2n) is 6.39. The first-order chi connectivity index (χ1) is 9.65. The van der Waals surface area contributed by atoms with Crippen molar-refractivity contribution in [1.29, 1.82) is 0 Å². The SMILES string of the molecule is C[C@H](NC(=O)C1CCc2nnn(C)c2C1)C1CCCC1. The Balaban J connectivity index is 1.59. The Morgan fingerprint density at radius 1 is 1.35 bits per heavy atom. The first kappa shape index (κ1) is 13.6. The second kappa shape index (κ2) is 5.54. The highest BCUT2D eigenvalue weighted by molar-refractivity contribution is 5.79. The lowest BCUT2D eigenvalue weighted by molar-refractivity contribution is -0.126. The van der Waals surface area contributed by atoms with Crippen molar-refractivity contribution in [1.82, 2.24) is 20.3 Å². The fourth-order valence-electron chi connectivity index (χ4n) is 3.65. The van der Waals surface area contributed by atoms with Crippen molar-refractivity contribution >= 4 is 5.91 Å². The molecule has 3 rings (SSSR count). The van der Waals surface area contributed by atoms with E-state index in [9.17, 15) is 4.79 Å². The Labute approximate surface area is 120 Å². The van der Waals surface area contributed by atoms with Gasteiger partial charge in [0.1, 0.15) is 0 Å². The molecule has 5 nitrogen and oxygen atoms in total. The maximum Gasteiger partial charge on any atom is 0.223 e. The van der Waals surface area contributed by atoms with Crippen molar-refractivity contribution in [2.24, 2.45) is 18.9 Å². The number of nitrogens with zero attached hydrogens (tertiary/aromatic N) is 3. The first-order valence-electron chi connectivity index (χ1n) is 7.83. The quantitative estimate of drug-likeness (QED) is 0.912. The van der Waals surface area contributed by atoms with E-state index in [0.29, 0.717) is 12.0 Å². The molecule has 1 N–H and O–H groups in total. The average molecular weight is 276 g/mol. The Kier molecular flexibility index (Phi) is 3.76. The second-order valence-corrected chi connectivity index (χ2v) is 6.39. The van der Waals surface area contributed by atoms with Gasteiger partial charge in [-0.2, -0.15) is 0 Å². The number of hydrogen-bond donors (Lipinski definition) is 1. The van der Waals surface area contributed by atoms with Crippen molar-refractivity contribution in [3.8, 4) is 0 Å². The van der Waals surface area contributed by atoms with Crippen molar-refractivity contribution in [2.45, 2.75) is 57.9 Å². The molecule has 0 aromatic carbocycles. The zero-order valence-corrected chi connectivity index (χ0v) is 12.4. The van der Waals surface area contributed by atoms with Crippen LogP contribution in [0.3, 0.4) is 0 Å². The average Bonchev–Trinajstić information content (AvgIpc) is 3.09. The molecule has 2 aliphatic rings. The molecule has 1 fully saturated rings. The summed E-state index contributed by atoms with van der Waals surface area (Å²) in [5.74, 6) is 0.983. The van der Waals surface area contributed by atoms with Crippen molar-refractivity contribution in [3.63, 3.8) is 0 Å². The van der Waals surface area contributed by atoms with Crippen molar-refractivity contribution in [3.05, 3.63) is 11.4 Å². The summed E-state index contributed by atoms with van der Waals surface area (Å²) >= 11 is 0. The summed E-state index contributed by atoms with van der Waals surface area (Å²) in [4.78, 5) is 12.4. The number of carbonyl (C=O) groups is 1. The molecular weight excluding hydrogens is 252 g/mol. The van der Waals surface area contributed by atoms with Crippen LogP contribution >= 0.6 is 0 Å². The fourth-order valence-corrected chi connectivity index (χ4v) is 3.65. The summed E-state index contributed by atoms with van der Waals surface area (Å²) < 4.78 is 1.81. The molecule has 0 spiro atoms. The smallest absolute Gasteiger partial charge is 0.223 e. The zero-order valence-electron chi connectivity index (χ0n) is 12.4. The van der Waals surface area contributed by atoms with Gasteiger partial charge in [0.25, 0.3) is 0 Å². The summed E-state index contributed by atoms with van der Waals surface area (Å²) in [5.41, 5.74) is 2.20. The minimum Gasteiger partial charge on any atom is -0.353 e. The predicted molar refractivity (Wildman–Crippen MR) is 76.1 cm³/mol. The van der Waals surface area contributed by atoms with Gasteiger partial charge in [-0.05, 0) is 38.5 Å². The molecule has 2 aliphatic carbocycles. The number of amides is 1. The highest BCUT2D eigenvalue weighted by Gasteiger charge is 2.30. The lowest BCUT2D eigenvalue weighted by Gasteiger charge is -2.26. The van der Waals surface area contributed by atoms with Crippen LogP contribution in [0.4, 0.5) is 0 Å². The third kappa shape index (κ3) is 2.58. The summed E-state index contributed by atoms with van der Waals surface area (Å²) in [6.45, 7) is 2.16. The van der Waals surface area contributed by atoms with Gasteiger partial charge in [0, 0.05) is 25.4 Å². The number of aromatic nitrogens is 3. The minimum absolute atomic E-state index is 0.0866. The van der Waals surface area contributed by atoms with E-state index >= 15 is 0 Å². The van der Waals surface area contributed by atoms with E-state index in [4.69, 9.17) is 0 Å². The molecule has 1 amide bonds. The summed E-state index contributed by atoms with van der Waals surface area (Å²) in [6, 6.07) is 0.316. The normalized spacial score (nSPS) is 24.4. The highest BCUT2D eigenvalue weighted by atomic mass is 16.1. The number of aryl methyl sites for hydroxylation is 2. The fraction of sp³-hybridized carbons (Fsp3) is 0.800. The standard InChI is InChI=1S/C15H24N4O/c1-10(11-5-3-4-6-11)16-15(20)12-7-8-13-14(9-12)19(2)18-17-13/h10-12H,3-9H2,1-2H3,(H,16,20)/t10-,12?/m0/s1. The lowest BCUT2D eigenvalue weighted by atomic mass is 9.88. The topological polar surface area (TPSA) is 59.8 Å². The van der Waals surface area contributed by atoms with Gasteiger partial charge < -0.3 is 5.32 Å². The first-order valence-corrected chi connectivity index (χ1v) is 7.83. The largest absolute Gasteiger partial charge is 0.353 e. The summed E-state index contributed by atoms with van der Waals surface area (Å²) in [6.07, 6.45) is 7.72. The molecule has 1 aromatic heterocycles. The Hall–Kier alpha value is -1.39. The molecule has 20 heavy (non-hydrogen) atoms. The molecule has 1 heterocycles. The third-order valence-electron chi connectivity index (χ3n) is 5.04. The van der Waals surface area contributed by atoms with Crippen molar-refractivity contribution in [2.75, 3.05) is 0 Å². The van der Waals surface area contributed by atoms with Crippen LogP contribution in [0.2, 0.25) is 0 Å². The highest BCUT2D eigenvalue weighted by Crippen LogP contribution is 2.28. The molecule has 1 unspecified atom stereocenters. The summed E-state index contributed by atoms with van der Waals surface area (Å²) in [7, 11) is 1.91. The van der Waals surface area contributed by atoms with Crippen LogP contribution in [0, 0.1) is 11.8 Å². The van der Waals surface area contributed by atoms with E-state index in [1.165, 1.54) is 25.7 Å². The van der Waals surface area contributed by atoms with Crippen LogP contribution in [0.15, 0.2) is 0 Å². The van der Waals surface area contributed by atoms with Gasteiger partial charge in [0.05, 0.1) is 11.4 Å². The zero-order chi connectivity index (χ0) is 14.1. The van der Waals surface area contributed by atoms with Gasteiger partial charge in [-0.15, -0.1) is 5.10 Å². The monoisotopic (exact) mass is 276 g/mol. The van der Waals surface area contributed by atoms with Crippen LogP contribution in [0.1, 0.15) is 50.4 Å². The maximum absolute atomic E-state index is 12.4. The predicted octanol–water partition coefficient (Wildman–Crippen LogP) is 1.61. The molecular formula is C15H24N4O. The Morgan fingerprint density at radius 3 is 2.85 bits per heavy atom. The molecule has 0 bridgehead atoms. The van der Waals surface area contributed by atoms with Crippen LogP contribution in [0.5, 0.6) is 0 Å². The third-order valence-corrected chi connectivity index (χ3v) is 5.04. The Morgan fingerprint density at radius 2 is 2.10 bits per heavy atom. The van der Waals surface area contributed by atoms with E-state index < -0.39 is 0 Å². The van der Waals surface area contributed by atoms with Crippen LogP contribution < -0.4 is 5.32 Å². The van der Waals surface area contributed by atoms with Gasteiger partial charge in [-0.1, -0.05) is 18.1 Å². The van der Waals surface area contributed by atoms with E-state index in [-0.39, 0.29) is 11.8 Å². The molecule has 5 heteroatoms. The van der Waals surface area contributed by atoms with Gasteiger partial charge in [0.15, 0.2) is 0 Å². The molecule has 0 aliphatic heterocycles. The molecule has 110 valence electrons. The minimum atomic E-state index is 0.0866. The Bertz CT molecular complexity index is 490. The van der Waals surface area contributed by atoms with Gasteiger partial charge in [-0.3, -0.25) is 9.48 Å². The molecule has 0 saturated heterocycles. The summed E-state index contributed by atoms with van der Waals surface area (Å²) in [5, 5.41) is 11.5. The molecule has 2 atom stereocenters. The molecule has 1 aromatic rings. The van der Waals surface area contributed by atoms with Crippen LogP contribution in [-0.2, 0) is 24.7 Å². The van der Waals surface area contributed by atoms with Crippen LogP contribution in [0.25, 0.3) is 0 Å². The number of hydrogen-bond acceptors (Lipinski definition) is 3. The van der Waals surface area contributed by atoms with E-state index in [1.807, 2.05) is 11.7 Å². The number of nitrogens with one attached hydrogen (secondary N) is 1. The van der Waals surface area contributed by atoms with Crippen molar-refractivity contribution < 1.29 is 4.79 Å². The van der Waals surface area contributed by atoms with Crippen LogP contribution in [-0.4, -0.2) is 26.9 Å². The van der Waals surface area contributed by atoms with E-state index in [2.05, 4.69) is 22.6 Å². The van der Waals surface area contributed by atoms with Gasteiger partial charge in [-0.25, -0.2) is 0 Å². The molecule has 0 radical (unpaired) electrons. The van der Waals surface area contributed by atoms with Gasteiger partial charge >= 0.3 is 0 Å². The number of carbonyl (C=O) groups excluding carboxylic acids is 1.